The van der Waals surface area contributed by atoms with Gasteiger partial charge < -0.3 is 0 Å². The average molecular weight is 239 g/mol. The minimum absolute atomic E-state index is 0.389. The maximum atomic E-state index is 12.3. The number of carbonyl (C=O) groups excluding carboxylic acids is 1. The standard InChI is InChI=1S/C14H23OS/c1-16(12-5-3-2-4-6-12)14-11-8-7-10(9-11)13(14)15/h10-12,14H,2-9H2,1H3/q+1. The fourth-order valence-corrected chi connectivity index (χ4v) is 7.05. The summed E-state index contributed by atoms with van der Waals surface area (Å²) in [6, 6.07) is 0. The Labute approximate surface area is 102 Å². The lowest BCUT2D eigenvalue weighted by Gasteiger charge is -2.27. The summed E-state index contributed by atoms with van der Waals surface area (Å²) in [5.74, 6) is 1.92. The van der Waals surface area contributed by atoms with Gasteiger partial charge in [-0.1, -0.05) is 6.42 Å². The molecule has 0 spiro atoms. The summed E-state index contributed by atoms with van der Waals surface area (Å²) in [6.07, 6.45) is 13.3. The summed E-state index contributed by atoms with van der Waals surface area (Å²) in [4.78, 5) is 12.3. The molecule has 3 fully saturated rings. The molecule has 0 N–H and O–H groups in total. The topological polar surface area (TPSA) is 17.1 Å². The molecule has 3 aliphatic rings. The van der Waals surface area contributed by atoms with Crippen molar-refractivity contribution in [1.82, 2.24) is 0 Å². The van der Waals surface area contributed by atoms with Crippen molar-refractivity contribution >= 4 is 16.7 Å². The Morgan fingerprint density at radius 1 is 1.06 bits per heavy atom. The first-order valence-electron chi connectivity index (χ1n) is 6.94. The van der Waals surface area contributed by atoms with E-state index in [4.69, 9.17) is 0 Å². The molecule has 0 amide bonds. The van der Waals surface area contributed by atoms with Gasteiger partial charge in [-0.05, 0) is 55.8 Å². The Bertz CT molecular complexity index is 282. The van der Waals surface area contributed by atoms with Crippen molar-refractivity contribution in [2.24, 2.45) is 11.8 Å². The van der Waals surface area contributed by atoms with Gasteiger partial charge >= 0.3 is 0 Å². The summed E-state index contributed by atoms with van der Waals surface area (Å²) >= 11 is 0. The Morgan fingerprint density at radius 2 is 1.81 bits per heavy atom. The van der Waals surface area contributed by atoms with Gasteiger partial charge in [-0.3, -0.25) is 4.79 Å². The summed E-state index contributed by atoms with van der Waals surface area (Å²) in [6.45, 7) is 0. The third kappa shape index (κ3) is 1.73. The Hall–Kier alpha value is 0.0200. The van der Waals surface area contributed by atoms with E-state index < -0.39 is 0 Å². The van der Waals surface area contributed by atoms with Crippen LogP contribution in [0.15, 0.2) is 0 Å². The smallest absolute Gasteiger partial charge is 0.188 e. The van der Waals surface area contributed by atoms with Crippen molar-refractivity contribution in [3.05, 3.63) is 0 Å². The van der Waals surface area contributed by atoms with Gasteiger partial charge in [0.1, 0.15) is 5.25 Å². The average Bonchev–Trinajstić information content (AvgIpc) is 2.90. The van der Waals surface area contributed by atoms with E-state index in [2.05, 4.69) is 6.26 Å². The molecule has 0 aliphatic heterocycles. The molecule has 0 radical (unpaired) electrons. The summed E-state index contributed by atoms with van der Waals surface area (Å²) < 4.78 is 0. The molecule has 0 aromatic carbocycles. The molecule has 90 valence electrons. The van der Waals surface area contributed by atoms with E-state index in [1.54, 1.807) is 0 Å². The van der Waals surface area contributed by atoms with Gasteiger partial charge in [0.25, 0.3) is 0 Å². The van der Waals surface area contributed by atoms with Crippen LogP contribution >= 0.6 is 0 Å². The molecule has 2 heteroatoms. The fourth-order valence-electron chi connectivity index (χ4n) is 4.15. The summed E-state index contributed by atoms with van der Waals surface area (Å²) in [5.41, 5.74) is 0. The molecule has 16 heavy (non-hydrogen) atoms. The number of hydrogen-bond acceptors (Lipinski definition) is 1. The Kier molecular flexibility index (Phi) is 3.03. The molecular formula is C14H23OS+. The predicted molar refractivity (Wildman–Crippen MR) is 69.8 cm³/mol. The number of rotatable bonds is 2. The SMILES string of the molecule is C[S+](C1CCCCC1)C1C(=O)C2CCC1C2. The molecule has 3 saturated carbocycles. The van der Waals surface area contributed by atoms with Crippen molar-refractivity contribution in [2.45, 2.75) is 61.9 Å². The lowest BCUT2D eigenvalue weighted by Crippen LogP contribution is -2.41. The van der Waals surface area contributed by atoms with Gasteiger partial charge in [-0.15, -0.1) is 0 Å². The van der Waals surface area contributed by atoms with E-state index in [1.165, 1.54) is 51.4 Å². The number of Topliss-reactive ketones (excluding diaryl/α,β-unsaturated/α-hetero) is 1. The van der Waals surface area contributed by atoms with Gasteiger partial charge in [0.05, 0.1) is 6.26 Å². The number of fused-ring (bicyclic) bond motifs is 2. The molecule has 1 nitrogen and oxygen atoms in total. The van der Waals surface area contributed by atoms with E-state index in [9.17, 15) is 4.79 Å². The van der Waals surface area contributed by atoms with Crippen LogP contribution in [-0.2, 0) is 15.7 Å². The highest BCUT2D eigenvalue weighted by Crippen LogP contribution is 2.46. The molecule has 3 aliphatic carbocycles. The van der Waals surface area contributed by atoms with Gasteiger partial charge in [0.15, 0.2) is 11.0 Å². The lowest BCUT2D eigenvalue weighted by molar-refractivity contribution is -0.121. The van der Waals surface area contributed by atoms with Gasteiger partial charge in [0.2, 0.25) is 0 Å². The summed E-state index contributed by atoms with van der Waals surface area (Å²) in [7, 11) is 0.389. The molecule has 3 rings (SSSR count). The molecular weight excluding hydrogens is 216 g/mol. The van der Waals surface area contributed by atoms with Crippen LogP contribution in [-0.4, -0.2) is 22.5 Å². The number of carbonyl (C=O) groups is 1. The van der Waals surface area contributed by atoms with Crippen LogP contribution in [0.25, 0.3) is 0 Å². The third-order valence-corrected chi connectivity index (χ3v) is 8.00. The van der Waals surface area contributed by atoms with Gasteiger partial charge in [0, 0.05) is 11.8 Å². The van der Waals surface area contributed by atoms with Crippen molar-refractivity contribution in [2.75, 3.05) is 6.26 Å². The zero-order valence-corrected chi connectivity index (χ0v) is 11.1. The van der Waals surface area contributed by atoms with E-state index in [1.807, 2.05) is 0 Å². The largest absolute Gasteiger partial charge is 0.294 e. The van der Waals surface area contributed by atoms with Crippen molar-refractivity contribution in [3.8, 4) is 0 Å². The maximum Gasteiger partial charge on any atom is 0.188 e. The van der Waals surface area contributed by atoms with E-state index in [0.29, 0.717) is 27.8 Å². The molecule has 0 heterocycles. The van der Waals surface area contributed by atoms with Crippen molar-refractivity contribution < 1.29 is 4.79 Å². The van der Waals surface area contributed by atoms with Crippen molar-refractivity contribution in [3.63, 3.8) is 0 Å². The van der Waals surface area contributed by atoms with Gasteiger partial charge in [-0.25, -0.2) is 0 Å². The number of ketones is 1. The highest BCUT2D eigenvalue weighted by molar-refractivity contribution is 7.98. The van der Waals surface area contributed by atoms with E-state index >= 15 is 0 Å². The fraction of sp³-hybridized carbons (Fsp3) is 0.929. The monoisotopic (exact) mass is 239 g/mol. The predicted octanol–water partition coefficient (Wildman–Crippen LogP) is 2.93. The van der Waals surface area contributed by atoms with Crippen LogP contribution in [0.4, 0.5) is 0 Å². The minimum Gasteiger partial charge on any atom is -0.294 e. The van der Waals surface area contributed by atoms with Crippen LogP contribution < -0.4 is 0 Å². The second kappa shape index (κ2) is 4.36. The van der Waals surface area contributed by atoms with E-state index in [0.717, 1.165) is 11.2 Å². The molecule has 0 saturated heterocycles. The van der Waals surface area contributed by atoms with Crippen LogP contribution in [0.5, 0.6) is 0 Å². The normalized spacial score (nSPS) is 41.6. The maximum absolute atomic E-state index is 12.3. The highest BCUT2D eigenvalue weighted by Gasteiger charge is 2.55. The zero-order valence-electron chi connectivity index (χ0n) is 10.3. The molecule has 0 aromatic heterocycles. The van der Waals surface area contributed by atoms with Crippen LogP contribution in [0, 0.1) is 11.8 Å². The number of hydrogen-bond donors (Lipinski definition) is 0. The van der Waals surface area contributed by atoms with Gasteiger partial charge in [-0.2, -0.15) is 0 Å². The highest BCUT2D eigenvalue weighted by atomic mass is 32.2. The van der Waals surface area contributed by atoms with Crippen molar-refractivity contribution in [1.29, 1.82) is 0 Å². The zero-order chi connectivity index (χ0) is 11.1. The molecule has 4 unspecified atom stereocenters. The molecule has 4 atom stereocenters. The van der Waals surface area contributed by atoms with Crippen LogP contribution in [0.1, 0.15) is 51.4 Å². The van der Waals surface area contributed by atoms with E-state index in [-0.39, 0.29) is 0 Å². The minimum atomic E-state index is 0.389. The van der Waals surface area contributed by atoms with Crippen LogP contribution in [0.2, 0.25) is 0 Å². The third-order valence-electron chi connectivity index (χ3n) is 5.06. The first kappa shape index (κ1) is 11.1. The second-order valence-corrected chi connectivity index (χ2v) is 8.35. The Balaban J connectivity index is 1.70. The Morgan fingerprint density at radius 3 is 2.44 bits per heavy atom. The summed E-state index contributed by atoms with van der Waals surface area (Å²) in [5, 5.41) is 1.38. The second-order valence-electron chi connectivity index (χ2n) is 5.96. The lowest BCUT2D eigenvalue weighted by atomic mass is 9.99. The quantitative estimate of drug-likeness (QED) is 0.677. The van der Waals surface area contributed by atoms with Crippen LogP contribution in [0.3, 0.4) is 0 Å². The molecule has 0 aromatic rings. The first-order chi connectivity index (χ1) is 7.77. The first-order valence-corrected chi connectivity index (χ1v) is 8.70. The molecule has 2 bridgehead atoms.